The van der Waals surface area contributed by atoms with Gasteiger partial charge in [-0.15, -0.1) is 0 Å². The molecule has 2 unspecified atom stereocenters. The lowest BCUT2D eigenvalue weighted by Crippen LogP contribution is -2.53. The second kappa shape index (κ2) is 13.0. The van der Waals surface area contributed by atoms with Crippen LogP contribution >= 0.6 is 19.4 Å². The first-order chi connectivity index (χ1) is 19.4. The zero-order chi connectivity index (χ0) is 29.8. The molecule has 0 amide bonds. The van der Waals surface area contributed by atoms with Crippen molar-refractivity contribution in [2.75, 3.05) is 13.2 Å². The van der Waals surface area contributed by atoms with E-state index in [1.54, 1.807) is 6.07 Å². The van der Waals surface area contributed by atoms with Crippen molar-refractivity contribution < 1.29 is 52.1 Å². The van der Waals surface area contributed by atoms with Gasteiger partial charge in [-0.3, -0.25) is 24.0 Å². The summed E-state index contributed by atoms with van der Waals surface area (Å²) in [5.41, 5.74) is -1.69. The summed E-state index contributed by atoms with van der Waals surface area (Å²) in [6.07, 6.45) is -4.45. The Bertz CT molecular complexity index is 1420. The lowest BCUT2D eigenvalue weighted by atomic mass is 10.1. The second-order valence-corrected chi connectivity index (χ2v) is 11.0. The smallest absolute Gasteiger partial charge is 0.463 e. The highest BCUT2D eigenvalue weighted by Gasteiger charge is 2.63. The number of carbonyl (C=O) groups excluding carboxylic acids is 2. The number of ketones is 1. The number of hydrogen-bond acceptors (Lipinski definition) is 12. The van der Waals surface area contributed by atoms with Gasteiger partial charge in [0.15, 0.2) is 24.7 Å². The number of phosphoric ester groups is 1. The van der Waals surface area contributed by atoms with Crippen molar-refractivity contribution in [1.29, 1.82) is 0 Å². The number of halogens is 1. The number of nitrogens with one attached hydrogen (secondary N) is 1. The SMILES string of the molecule is CC(=O)CCC(=O)OC[C@H]1O[C@@H](n2ccc(=O)[nH]c2=O)[C@H](OC2CCCO2)[C@]1(O)OP(=O)(O)Oc1ccccc1Cl. The van der Waals surface area contributed by atoms with Gasteiger partial charge < -0.3 is 33.4 Å². The Kier molecular flexibility index (Phi) is 9.82. The Morgan fingerprint density at radius 1 is 1.24 bits per heavy atom. The Morgan fingerprint density at radius 2 is 2.00 bits per heavy atom. The molecule has 6 atom stereocenters. The van der Waals surface area contributed by atoms with E-state index in [4.69, 9.17) is 39.6 Å². The highest BCUT2D eigenvalue weighted by Crippen LogP contribution is 2.54. The molecule has 2 aromatic rings. The molecule has 0 bridgehead atoms. The first kappa shape index (κ1) is 31.1. The van der Waals surface area contributed by atoms with Crippen LogP contribution in [0.1, 0.15) is 38.8 Å². The van der Waals surface area contributed by atoms with Gasteiger partial charge >= 0.3 is 19.5 Å². The van der Waals surface area contributed by atoms with Crippen LogP contribution in [0.5, 0.6) is 5.75 Å². The maximum absolute atomic E-state index is 13.2. The zero-order valence-corrected chi connectivity index (χ0v) is 23.3. The molecule has 3 heterocycles. The number of ether oxygens (including phenoxy) is 4. The van der Waals surface area contributed by atoms with Crippen molar-refractivity contribution in [2.24, 2.45) is 0 Å². The number of nitrogens with zero attached hydrogens (tertiary/aromatic N) is 1. The van der Waals surface area contributed by atoms with Crippen LogP contribution in [0.25, 0.3) is 0 Å². The first-order valence-electron chi connectivity index (χ1n) is 12.5. The van der Waals surface area contributed by atoms with Crippen LogP contribution in [-0.2, 0) is 37.6 Å². The third kappa shape index (κ3) is 7.70. The number of Topliss-reactive ketones (excluding diaryl/α,β-unsaturated/α-hetero) is 1. The average molecular weight is 619 g/mol. The maximum Gasteiger partial charge on any atom is 0.530 e. The maximum atomic E-state index is 13.2. The molecule has 0 spiro atoms. The summed E-state index contributed by atoms with van der Waals surface area (Å²) in [6.45, 7) is 0.836. The standard InChI is InChI=1S/C24H28ClN2O13P/c1-14(28)8-9-19(30)36-13-17-24(32,40-41(33,34)39-16-6-3-2-5-15(16)25)21(38-20-7-4-12-35-20)22(37-17)27-11-10-18(29)26-23(27)31/h2-3,5-6,10-11,17,20-22,32H,4,7-9,12-13H2,1H3,(H,33,34)(H,26,29,31)/t17-,20?,21+,22-,24-/m1/s1. The molecule has 2 aliphatic heterocycles. The predicted octanol–water partition coefficient (Wildman–Crippen LogP) is 1.41. The van der Waals surface area contributed by atoms with E-state index < -0.39 is 62.2 Å². The number of aromatic amines is 1. The Labute approximate surface area is 237 Å². The summed E-state index contributed by atoms with van der Waals surface area (Å²) in [7, 11) is -5.25. The topological polar surface area (TPSA) is 202 Å². The number of para-hydroxylation sites is 1. The fraction of sp³-hybridized carbons (Fsp3) is 0.500. The van der Waals surface area contributed by atoms with Crippen LogP contribution in [0.2, 0.25) is 5.02 Å². The third-order valence-electron chi connectivity index (χ3n) is 6.13. The van der Waals surface area contributed by atoms with Crippen LogP contribution in [0.4, 0.5) is 0 Å². The van der Waals surface area contributed by atoms with E-state index in [9.17, 15) is 33.7 Å². The minimum atomic E-state index is -5.25. The fourth-order valence-corrected chi connectivity index (χ4v) is 5.45. The summed E-state index contributed by atoms with van der Waals surface area (Å²) in [5, 5.41) is 11.8. The summed E-state index contributed by atoms with van der Waals surface area (Å²) in [6, 6.07) is 6.68. The Hall–Kier alpha value is -2.88. The summed E-state index contributed by atoms with van der Waals surface area (Å²) in [4.78, 5) is 60.5. The van der Waals surface area contributed by atoms with Gasteiger partial charge in [-0.25, -0.2) is 13.9 Å². The molecule has 1 aromatic heterocycles. The van der Waals surface area contributed by atoms with Crippen LogP contribution in [0.15, 0.2) is 46.1 Å². The van der Waals surface area contributed by atoms with Crippen LogP contribution in [0.3, 0.4) is 0 Å². The summed E-state index contributed by atoms with van der Waals surface area (Å²) >= 11 is 6.03. The number of esters is 1. The molecule has 41 heavy (non-hydrogen) atoms. The van der Waals surface area contributed by atoms with E-state index in [2.05, 4.69) is 0 Å². The van der Waals surface area contributed by atoms with Crippen LogP contribution in [-0.4, -0.2) is 68.8 Å². The minimum absolute atomic E-state index is 0.0409. The van der Waals surface area contributed by atoms with Gasteiger partial charge in [-0.1, -0.05) is 23.7 Å². The largest absolute Gasteiger partial charge is 0.530 e. The number of carbonyl (C=O) groups is 2. The van der Waals surface area contributed by atoms with Gasteiger partial charge in [0, 0.05) is 31.7 Å². The second-order valence-electron chi connectivity index (χ2n) is 9.25. The molecule has 224 valence electrons. The first-order valence-corrected chi connectivity index (χ1v) is 14.3. The van der Waals surface area contributed by atoms with Crippen molar-refractivity contribution in [3.05, 3.63) is 62.4 Å². The number of hydrogen-bond donors (Lipinski definition) is 3. The van der Waals surface area contributed by atoms with E-state index >= 15 is 0 Å². The van der Waals surface area contributed by atoms with Crippen molar-refractivity contribution >= 4 is 31.2 Å². The Balaban J connectivity index is 1.70. The van der Waals surface area contributed by atoms with Crippen molar-refractivity contribution in [3.63, 3.8) is 0 Å². The highest BCUT2D eigenvalue weighted by molar-refractivity contribution is 7.47. The van der Waals surface area contributed by atoms with Crippen LogP contribution in [0, 0.1) is 0 Å². The normalized spacial score (nSPS) is 27.3. The lowest BCUT2D eigenvalue weighted by Gasteiger charge is -2.34. The van der Waals surface area contributed by atoms with E-state index in [-0.39, 0.29) is 29.4 Å². The summed E-state index contributed by atoms with van der Waals surface area (Å²) < 4.78 is 46.8. The van der Waals surface area contributed by atoms with E-state index in [1.807, 2.05) is 4.98 Å². The number of H-pyrrole nitrogens is 1. The molecule has 17 heteroatoms. The van der Waals surface area contributed by atoms with Crippen LogP contribution < -0.4 is 15.8 Å². The van der Waals surface area contributed by atoms with E-state index in [0.717, 1.165) is 16.8 Å². The number of rotatable bonds is 12. The number of aromatic nitrogens is 2. The molecule has 0 aliphatic carbocycles. The van der Waals surface area contributed by atoms with Crippen molar-refractivity contribution in [3.8, 4) is 5.75 Å². The van der Waals surface area contributed by atoms with E-state index in [0.29, 0.717) is 19.4 Å². The highest BCUT2D eigenvalue weighted by atomic mass is 35.5. The number of phosphoric acid groups is 1. The predicted molar refractivity (Wildman–Crippen MR) is 138 cm³/mol. The quantitative estimate of drug-likeness (QED) is 0.175. The molecular weight excluding hydrogens is 591 g/mol. The monoisotopic (exact) mass is 618 g/mol. The Morgan fingerprint density at radius 3 is 2.66 bits per heavy atom. The minimum Gasteiger partial charge on any atom is -0.463 e. The average Bonchev–Trinajstić information content (AvgIpc) is 3.49. The molecule has 2 aliphatic rings. The third-order valence-corrected chi connectivity index (χ3v) is 7.39. The van der Waals surface area contributed by atoms with E-state index in [1.165, 1.54) is 25.1 Å². The molecule has 4 rings (SSSR count). The molecule has 2 saturated heterocycles. The number of benzene rings is 1. The van der Waals surface area contributed by atoms with Crippen molar-refractivity contribution in [1.82, 2.24) is 9.55 Å². The van der Waals surface area contributed by atoms with Gasteiger partial charge in [0.25, 0.3) is 5.56 Å². The van der Waals surface area contributed by atoms with Gasteiger partial charge in [0.2, 0.25) is 5.79 Å². The molecule has 3 N–H and O–H groups in total. The van der Waals surface area contributed by atoms with Gasteiger partial charge in [0.1, 0.15) is 18.1 Å². The van der Waals surface area contributed by atoms with Gasteiger partial charge in [0.05, 0.1) is 11.4 Å². The van der Waals surface area contributed by atoms with Gasteiger partial charge in [-0.2, -0.15) is 0 Å². The zero-order valence-electron chi connectivity index (χ0n) is 21.7. The number of aliphatic hydroxyl groups is 1. The summed E-state index contributed by atoms with van der Waals surface area (Å²) in [5.74, 6) is -4.27. The molecular formula is C24H28ClN2O13P. The molecule has 15 nitrogen and oxygen atoms in total. The molecule has 0 saturated carbocycles. The van der Waals surface area contributed by atoms with Crippen molar-refractivity contribution in [2.45, 2.75) is 63.1 Å². The van der Waals surface area contributed by atoms with Gasteiger partial charge in [-0.05, 0) is 25.5 Å². The molecule has 0 radical (unpaired) electrons. The fourth-order valence-electron chi connectivity index (χ4n) is 4.18. The molecule has 2 fully saturated rings. The molecule has 1 aromatic carbocycles. The lowest BCUT2D eigenvalue weighted by molar-refractivity contribution is -0.267.